The van der Waals surface area contributed by atoms with Gasteiger partial charge in [0.2, 0.25) is 11.7 Å². The Hall–Kier alpha value is -3.10. The number of rotatable bonds is 4. The highest BCUT2D eigenvalue weighted by Crippen LogP contribution is 2.22. The van der Waals surface area contributed by atoms with E-state index in [9.17, 15) is 18.4 Å². The number of hydrogen-bond acceptors (Lipinski definition) is 5. The fourth-order valence-corrected chi connectivity index (χ4v) is 3.48. The van der Waals surface area contributed by atoms with Crippen molar-refractivity contribution in [3.63, 3.8) is 0 Å². The van der Waals surface area contributed by atoms with Crippen LogP contribution in [0.5, 0.6) is 0 Å². The van der Waals surface area contributed by atoms with Crippen LogP contribution in [-0.2, 0) is 25.9 Å². The molecule has 1 aromatic carbocycles. The van der Waals surface area contributed by atoms with Gasteiger partial charge in [-0.05, 0) is 25.3 Å². The first-order chi connectivity index (χ1) is 13.5. The minimum absolute atomic E-state index is 0.0465. The van der Waals surface area contributed by atoms with Crippen molar-refractivity contribution in [2.75, 3.05) is 0 Å². The van der Waals surface area contributed by atoms with Crippen LogP contribution in [0, 0.1) is 11.6 Å². The third-order valence-corrected chi connectivity index (χ3v) is 4.92. The number of benzene rings is 1. The van der Waals surface area contributed by atoms with Gasteiger partial charge in [-0.2, -0.15) is 4.98 Å². The molecule has 9 heteroatoms. The van der Waals surface area contributed by atoms with Crippen LogP contribution in [0.4, 0.5) is 8.78 Å². The maximum Gasteiger partial charge on any atom is 0.331 e. The third kappa shape index (κ3) is 3.06. The van der Waals surface area contributed by atoms with Crippen molar-refractivity contribution >= 4 is 0 Å². The Kier molecular flexibility index (Phi) is 4.66. The normalized spacial score (nSPS) is 13.5. The van der Waals surface area contributed by atoms with Crippen LogP contribution in [0.1, 0.15) is 36.9 Å². The number of nitrogens with zero attached hydrogens (tertiary/aromatic N) is 4. The summed E-state index contributed by atoms with van der Waals surface area (Å²) in [5, 5.41) is 3.89. The van der Waals surface area contributed by atoms with Crippen LogP contribution in [0.15, 0.2) is 32.3 Å². The SMILES string of the molecule is CCc1nc(-c2c3n(c(=O)n(Cc4ccc(F)cc4F)c2=O)CCCC3)no1. The smallest absolute Gasteiger partial charge is 0.331 e. The van der Waals surface area contributed by atoms with Crippen molar-refractivity contribution < 1.29 is 13.3 Å². The number of fused-ring (bicyclic) bond motifs is 1. The monoisotopic (exact) mass is 388 g/mol. The topological polar surface area (TPSA) is 82.9 Å². The molecule has 0 bridgehead atoms. The molecular weight excluding hydrogens is 370 g/mol. The molecule has 7 nitrogen and oxygen atoms in total. The molecule has 3 aromatic rings. The van der Waals surface area contributed by atoms with E-state index in [2.05, 4.69) is 10.1 Å². The number of aromatic nitrogens is 4. The fourth-order valence-electron chi connectivity index (χ4n) is 3.48. The van der Waals surface area contributed by atoms with E-state index in [1.807, 2.05) is 6.92 Å². The lowest BCUT2D eigenvalue weighted by Gasteiger charge is -2.22. The first kappa shape index (κ1) is 18.3. The van der Waals surface area contributed by atoms with Gasteiger partial charge < -0.3 is 4.52 Å². The molecule has 146 valence electrons. The molecule has 1 aliphatic rings. The zero-order valence-corrected chi connectivity index (χ0v) is 15.2. The summed E-state index contributed by atoms with van der Waals surface area (Å²) in [4.78, 5) is 30.3. The largest absolute Gasteiger partial charge is 0.339 e. The average Bonchev–Trinajstić information content (AvgIpc) is 3.15. The van der Waals surface area contributed by atoms with E-state index in [4.69, 9.17) is 4.52 Å². The maximum atomic E-state index is 14.1. The van der Waals surface area contributed by atoms with Gasteiger partial charge in [-0.15, -0.1) is 0 Å². The molecule has 0 saturated heterocycles. The number of aryl methyl sites for hydroxylation is 1. The lowest BCUT2D eigenvalue weighted by atomic mass is 10.0. The number of hydrogen-bond donors (Lipinski definition) is 0. The first-order valence-corrected chi connectivity index (χ1v) is 9.13. The molecule has 0 unspecified atom stereocenters. The molecule has 0 radical (unpaired) electrons. The van der Waals surface area contributed by atoms with Gasteiger partial charge in [0.15, 0.2) is 0 Å². The second-order valence-electron chi connectivity index (χ2n) is 6.71. The van der Waals surface area contributed by atoms with Gasteiger partial charge in [0, 0.05) is 30.3 Å². The summed E-state index contributed by atoms with van der Waals surface area (Å²) in [5.74, 6) is -1.04. The molecular formula is C19H18F2N4O3. The van der Waals surface area contributed by atoms with Crippen molar-refractivity contribution in [2.45, 2.75) is 45.7 Å². The van der Waals surface area contributed by atoms with E-state index in [0.29, 0.717) is 31.0 Å². The van der Waals surface area contributed by atoms with Crippen LogP contribution >= 0.6 is 0 Å². The molecule has 4 rings (SSSR count). The van der Waals surface area contributed by atoms with Crippen LogP contribution in [0.2, 0.25) is 0 Å². The van der Waals surface area contributed by atoms with E-state index >= 15 is 0 Å². The molecule has 0 spiro atoms. The molecule has 1 aliphatic heterocycles. The Labute approximate surface area is 158 Å². The zero-order valence-electron chi connectivity index (χ0n) is 15.2. The third-order valence-electron chi connectivity index (χ3n) is 4.92. The summed E-state index contributed by atoms with van der Waals surface area (Å²) in [5.41, 5.74) is -0.312. The van der Waals surface area contributed by atoms with Gasteiger partial charge in [0.25, 0.3) is 5.56 Å². The summed E-state index contributed by atoms with van der Waals surface area (Å²) >= 11 is 0. The molecule has 0 amide bonds. The standard InChI is InChI=1S/C19H18F2N4O3/c1-2-15-22-17(23-28-15)16-14-5-3-4-8-24(14)19(27)25(18(16)26)10-11-6-7-12(20)9-13(11)21/h6-7,9H,2-5,8,10H2,1H3. The molecule has 0 fully saturated rings. The Balaban J connectivity index is 1.93. The average molecular weight is 388 g/mol. The van der Waals surface area contributed by atoms with Crippen LogP contribution in [0.3, 0.4) is 0 Å². The van der Waals surface area contributed by atoms with Crippen molar-refractivity contribution in [1.29, 1.82) is 0 Å². The van der Waals surface area contributed by atoms with E-state index in [1.54, 1.807) is 0 Å². The summed E-state index contributed by atoms with van der Waals surface area (Å²) in [6, 6.07) is 3.04. The molecule has 0 N–H and O–H groups in total. The molecule has 3 heterocycles. The Morgan fingerprint density at radius 2 is 2.04 bits per heavy atom. The lowest BCUT2D eigenvalue weighted by Crippen LogP contribution is -2.44. The van der Waals surface area contributed by atoms with Gasteiger partial charge in [0.05, 0.1) is 6.54 Å². The van der Waals surface area contributed by atoms with Crippen molar-refractivity contribution in [1.82, 2.24) is 19.3 Å². The highest BCUT2D eigenvalue weighted by molar-refractivity contribution is 5.56. The van der Waals surface area contributed by atoms with Gasteiger partial charge in [-0.3, -0.25) is 13.9 Å². The minimum Gasteiger partial charge on any atom is -0.339 e. The summed E-state index contributed by atoms with van der Waals surface area (Å²) in [7, 11) is 0. The predicted molar refractivity (Wildman–Crippen MR) is 96.0 cm³/mol. The Morgan fingerprint density at radius 1 is 1.21 bits per heavy atom. The molecule has 28 heavy (non-hydrogen) atoms. The predicted octanol–water partition coefficient (Wildman–Crippen LogP) is 2.29. The van der Waals surface area contributed by atoms with E-state index in [0.717, 1.165) is 29.5 Å². The van der Waals surface area contributed by atoms with Crippen molar-refractivity contribution in [3.8, 4) is 11.4 Å². The van der Waals surface area contributed by atoms with E-state index in [1.165, 1.54) is 10.6 Å². The van der Waals surface area contributed by atoms with Gasteiger partial charge in [0.1, 0.15) is 17.2 Å². The van der Waals surface area contributed by atoms with Crippen LogP contribution < -0.4 is 11.2 Å². The summed E-state index contributed by atoms with van der Waals surface area (Å²) < 4.78 is 34.9. The van der Waals surface area contributed by atoms with Gasteiger partial charge in [-0.1, -0.05) is 18.1 Å². The fraction of sp³-hybridized carbons (Fsp3) is 0.368. The Morgan fingerprint density at radius 3 is 2.75 bits per heavy atom. The highest BCUT2D eigenvalue weighted by Gasteiger charge is 2.26. The Bertz CT molecular complexity index is 1160. The second kappa shape index (κ2) is 7.14. The number of halogens is 2. The summed E-state index contributed by atoms with van der Waals surface area (Å²) in [6.45, 7) is 1.99. The van der Waals surface area contributed by atoms with Gasteiger partial charge >= 0.3 is 5.69 Å². The van der Waals surface area contributed by atoms with E-state index in [-0.39, 0.29) is 23.5 Å². The first-order valence-electron chi connectivity index (χ1n) is 9.13. The zero-order chi connectivity index (χ0) is 19.8. The van der Waals surface area contributed by atoms with E-state index < -0.39 is 22.9 Å². The molecule has 0 atom stereocenters. The van der Waals surface area contributed by atoms with Crippen molar-refractivity contribution in [3.05, 3.63) is 67.8 Å². The maximum absolute atomic E-state index is 14.1. The lowest BCUT2D eigenvalue weighted by molar-refractivity contribution is 0.382. The molecule has 2 aromatic heterocycles. The second-order valence-corrected chi connectivity index (χ2v) is 6.71. The minimum atomic E-state index is -0.816. The molecule has 0 aliphatic carbocycles. The summed E-state index contributed by atoms with van der Waals surface area (Å²) in [6.07, 6.45) is 2.68. The quantitative estimate of drug-likeness (QED) is 0.685. The van der Waals surface area contributed by atoms with Crippen molar-refractivity contribution in [2.24, 2.45) is 0 Å². The molecule has 0 saturated carbocycles. The van der Waals surface area contributed by atoms with Gasteiger partial charge in [-0.25, -0.2) is 13.6 Å². The van der Waals surface area contributed by atoms with Crippen LogP contribution in [0.25, 0.3) is 11.4 Å². The van der Waals surface area contributed by atoms with Crippen LogP contribution in [-0.4, -0.2) is 19.3 Å². The highest BCUT2D eigenvalue weighted by atomic mass is 19.1.